The molecule has 2 aromatic heterocycles. The molecular weight excluding hydrogens is 320 g/mol. The highest BCUT2D eigenvalue weighted by Gasteiger charge is 2.28. The second kappa shape index (κ2) is 8.62. The summed E-state index contributed by atoms with van der Waals surface area (Å²) in [5.41, 5.74) is 0.946. The van der Waals surface area contributed by atoms with Crippen molar-refractivity contribution in [3.8, 4) is 5.75 Å². The highest BCUT2D eigenvalue weighted by molar-refractivity contribution is 5.76. The summed E-state index contributed by atoms with van der Waals surface area (Å²) in [6, 6.07) is 5.55. The zero-order chi connectivity index (χ0) is 17.5. The van der Waals surface area contributed by atoms with Gasteiger partial charge in [-0.15, -0.1) is 0 Å². The topological polar surface area (TPSA) is 78.3 Å². The second-order valence-electron chi connectivity index (χ2n) is 6.20. The largest absolute Gasteiger partial charge is 0.486 e. The predicted molar refractivity (Wildman–Crippen MR) is 92.2 cm³/mol. The van der Waals surface area contributed by atoms with Crippen LogP contribution in [0.4, 0.5) is 0 Å². The van der Waals surface area contributed by atoms with E-state index in [-0.39, 0.29) is 18.1 Å². The summed E-state index contributed by atoms with van der Waals surface area (Å²) in [6.07, 6.45) is 7.19. The van der Waals surface area contributed by atoms with Gasteiger partial charge in [0.15, 0.2) is 0 Å². The first-order valence-corrected chi connectivity index (χ1v) is 8.64. The number of carbonyl (C=O) groups excluding carboxylic acids is 1. The first kappa shape index (κ1) is 17.4. The van der Waals surface area contributed by atoms with Crippen LogP contribution >= 0.6 is 0 Å². The number of hydrogen-bond donors (Lipinski definition) is 1. The maximum Gasteiger partial charge on any atom is 0.220 e. The fourth-order valence-corrected chi connectivity index (χ4v) is 2.81. The lowest BCUT2D eigenvalue weighted by atomic mass is 10.1. The van der Waals surface area contributed by atoms with Crippen LogP contribution in [0.15, 0.2) is 36.8 Å². The summed E-state index contributed by atoms with van der Waals surface area (Å²) in [5, 5.41) is 7.17. The minimum Gasteiger partial charge on any atom is -0.486 e. The Morgan fingerprint density at radius 1 is 1.48 bits per heavy atom. The third-order valence-corrected chi connectivity index (χ3v) is 4.16. The molecule has 134 valence electrons. The number of nitrogens with zero attached hydrogens (tertiary/aromatic N) is 3. The quantitative estimate of drug-likeness (QED) is 0.827. The molecule has 7 nitrogen and oxygen atoms in total. The number of pyridine rings is 1. The number of amides is 1. The van der Waals surface area contributed by atoms with Crippen LogP contribution in [-0.2, 0) is 16.1 Å². The van der Waals surface area contributed by atoms with Gasteiger partial charge in [0.2, 0.25) is 5.91 Å². The van der Waals surface area contributed by atoms with Gasteiger partial charge in [-0.1, -0.05) is 0 Å². The molecule has 0 aliphatic carbocycles. The monoisotopic (exact) mass is 344 g/mol. The molecule has 1 amide bonds. The van der Waals surface area contributed by atoms with Crippen molar-refractivity contribution in [3.63, 3.8) is 0 Å². The van der Waals surface area contributed by atoms with E-state index in [0.29, 0.717) is 19.6 Å². The Morgan fingerprint density at radius 2 is 2.40 bits per heavy atom. The van der Waals surface area contributed by atoms with Crippen molar-refractivity contribution in [2.45, 2.75) is 44.9 Å². The molecule has 1 aliphatic rings. The average Bonchev–Trinajstić information content (AvgIpc) is 3.12. The molecule has 3 heterocycles. The fourth-order valence-electron chi connectivity index (χ4n) is 2.81. The summed E-state index contributed by atoms with van der Waals surface area (Å²) < 4.78 is 13.4. The number of rotatable bonds is 7. The number of ether oxygens (including phenoxy) is 2. The molecule has 2 atom stereocenters. The van der Waals surface area contributed by atoms with Crippen LogP contribution in [0, 0.1) is 6.92 Å². The molecule has 3 rings (SSSR count). The lowest BCUT2D eigenvalue weighted by molar-refractivity contribution is -0.124. The summed E-state index contributed by atoms with van der Waals surface area (Å²) in [6.45, 7) is 3.77. The Balaban J connectivity index is 1.48. The maximum atomic E-state index is 12.2. The first-order valence-electron chi connectivity index (χ1n) is 8.64. The summed E-state index contributed by atoms with van der Waals surface area (Å²) in [7, 11) is 0. The van der Waals surface area contributed by atoms with E-state index in [1.54, 1.807) is 12.4 Å². The summed E-state index contributed by atoms with van der Waals surface area (Å²) >= 11 is 0. The van der Waals surface area contributed by atoms with Gasteiger partial charge < -0.3 is 14.8 Å². The standard InChI is InChI=1S/C18H24N4O3/c1-14-5-6-15(12-19-14)25-17-7-11-24-13-16(17)21-18(23)4-2-9-22-10-3-8-20-22/h3,5-6,8,10,12,16-17H,2,4,7,9,11,13H2,1H3,(H,21,23)/t16-,17+/m0/s1. The van der Waals surface area contributed by atoms with Crippen LogP contribution in [0.1, 0.15) is 25.0 Å². The summed E-state index contributed by atoms with van der Waals surface area (Å²) in [5.74, 6) is 0.730. The van der Waals surface area contributed by atoms with Crippen molar-refractivity contribution in [1.29, 1.82) is 0 Å². The van der Waals surface area contributed by atoms with Gasteiger partial charge in [0.1, 0.15) is 11.9 Å². The van der Waals surface area contributed by atoms with Crippen molar-refractivity contribution in [3.05, 3.63) is 42.5 Å². The molecule has 7 heteroatoms. The predicted octanol–water partition coefficient (Wildman–Crippen LogP) is 1.72. The lowest BCUT2D eigenvalue weighted by Gasteiger charge is -2.32. The number of aryl methyl sites for hydroxylation is 2. The Hall–Kier alpha value is -2.41. The molecule has 2 aromatic rings. The fraction of sp³-hybridized carbons (Fsp3) is 0.500. The summed E-state index contributed by atoms with van der Waals surface area (Å²) in [4.78, 5) is 16.5. The van der Waals surface area contributed by atoms with Crippen LogP contribution < -0.4 is 10.1 Å². The highest BCUT2D eigenvalue weighted by atomic mass is 16.5. The Kier molecular flexibility index (Phi) is 6.00. The second-order valence-corrected chi connectivity index (χ2v) is 6.20. The van der Waals surface area contributed by atoms with E-state index < -0.39 is 0 Å². The molecule has 0 aromatic carbocycles. The lowest BCUT2D eigenvalue weighted by Crippen LogP contribution is -2.51. The minimum atomic E-state index is -0.146. The van der Waals surface area contributed by atoms with Gasteiger partial charge in [0, 0.05) is 37.5 Å². The molecule has 1 N–H and O–H groups in total. The third kappa shape index (κ3) is 5.29. The van der Waals surface area contributed by atoms with Crippen molar-refractivity contribution in [1.82, 2.24) is 20.1 Å². The van der Waals surface area contributed by atoms with Crippen molar-refractivity contribution in [2.24, 2.45) is 0 Å². The molecule has 1 fully saturated rings. The van der Waals surface area contributed by atoms with E-state index in [1.807, 2.05) is 36.0 Å². The van der Waals surface area contributed by atoms with E-state index in [1.165, 1.54) is 0 Å². The number of hydrogen-bond acceptors (Lipinski definition) is 5. The number of carbonyl (C=O) groups is 1. The molecule has 0 radical (unpaired) electrons. The van der Waals surface area contributed by atoms with E-state index in [4.69, 9.17) is 9.47 Å². The molecule has 0 bridgehead atoms. The van der Waals surface area contributed by atoms with Crippen LogP contribution in [0.2, 0.25) is 0 Å². The number of nitrogens with one attached hydrogen (secondary N) is 1. The molecule has 0 saturated carbocycles. The van der Waals surface area contributed by atoms with Gasteiger partial charge in [0.05, 0.1) is 25.5 Å². The van der Waals surface area contributed by atoms with Gasteiger partial charge in [-0.3, -0.25) is 14.5 Å². The van der Waals surface area contributed by atoms with Gasteiger partial charge >= 0.3 is 0 Å². The van der Waals surface area contributed by atoms with Crippen LogP contribution in [-0.4, -0.2) is 46.0 Å². The van der Waals surface area contributed by atoms with E-state index >= 15 is 0 Å². The smallest absolute Gasteiger partial charge is 0.220 e. The zero-order valence-corrected chi connectivity index (χ0v) is 14.4. The van der Waals surface area contributed by atoms with E-state index in [0.717, 1.165) is 30.8 Å². The van der Waals surface area contributed by atoms with Crippen LogP contribution in [0.5, 0.6) is 5.75 Å². The van der Waals surface area contributed by atoms with E-state index in [2.05, 4.69) is 15.4 Å². The minimum absolute atomic E-state index is 0.0123. The first-order chi connectivity index (χ1) is 12.2. The van der Waals surface area contributed by atoms with Crippen LogP contribution in [0.25, 0.3) is 0 Å². The normalized spacial score (nSPS) is 20.2. The van der Waals surface area contributed by atoms with E-state index in [9.17, 15) is 4.79 Å². The third-order valence-electron chi connectivity index (χ3n) is 4.16. The van der Waals surface area contributed by atoms with Crippen molar-refractivity contribution < 1.29 is 14.3 Å². The van der Waals surface area contributed by atoms with Gasteiger partial charge in [-0.2, -0.15) is 5.10 Å². The molecule has 0 spiro atoms. The molecular formula is C18H24N4O3. The Morgan fingerprint density at radius 3 is 3.16 bits per heavy atom. The van der Waals surface area contributed by atoms with Crippen molar-refractivity contribution in [2.75, 3.05) is 13.2 Å². The molecule has 25 heavy (non-hydrogen) atoms. The number of aromatic nitrogens is 3. The van der Waals surface area contributed by atoms with Crippen LogP contribution in [0.3, 0.4) is 0 Å². The molecule has 1 aliphatic heterocycles. The Labute approximate surface area is 147 Å². The SMILES string of the molecule is Cc1ccc(O[C@@H]2CCOC[C@@H]2NC(=O)CCCn2cccn2)cn1. The molecule has 0 unspecified atom stereocenters. The van der Waals surface area contributed by atoms with Gasteiger partial charge in [-0.05, 0) is 31.5 Å². The molecule has 1 saturated heterocycles. The van der Waals surface area contributed by atoms with Gasteiger partial charge in [0.25, 0.3) is 0 Å². The zero-order valence-electron chi connectivity index (χ0n) is 14.4. The van der Waals surface area contributed by atoms with Gasteiger partial charge in [-0.25, -0.2) is 0 Å². The maximum absolute atomic E-state index is 12.2. The van der Waals surface area contributed by atoms with Crippen molar-refractivity contribution >= 4 is 5.91 Å². The highest BCUT2D eigenvalue weighted by Crippen LogP contribution is 2.18. The Bertz CT molecular complexity index is 657. The average molecular weight is 344 g/mol.